The van der Waals surface area contributed by atoms with Gasteiger partial charge in [-0.25, -0.2) is 0 Å². The van der Waals surface area contributed by atoms with Crippen LogP contribution in [-0.4, -0.2) is 47.8 Å². The third-order valence-corrected chi connectivity index (χ3v) is 4.58. The SMILES string of the molecule is CC(C)C1CCN(C(=O)CN2CCCCC2=O)CC1. The quantitative estimate of drug-likeness (QED) is 0.782. The topological polar surface area (TPSA) is 40.6 Å². The Morgan fingerprint density at radius 3 is 2.47 bits per heavy atom. The molecule has 108 valence electrons. The molecule has 19 heavy (non-hydrogen) atoms. The van der Waals surface area contributed by atoms with Crippen LogP contribution in [0.15, 0.2) is 0 Å². The van der Waals surface area contributed by atoms with Crippen LogP contribution in [0, 0.1) is 11.8 Å². The molecule has 0 atom stereocenters. The Balaban J connectivity index is 1.79. The Labute approximate surface area is 116 Å². The summed E-state index contributed by atoms with van der Waals surface area (Å²) in [4.78, 5) is 27.6. The van der Waals surface area contributed by atoms with E-state index in [1.165, 1.54) is 0 Å². The van der Waals surface area contributed by atoms with Crippen LogP contribution in [0.25, 0.3) is 0 Å². The van der Waals surface area contributed by atoms with Gasteiger partial charge >= 0.3 is 0 Å². The highest BCUT2D eigenvalue weighted by molar-refractivity contribution is 5.85. The highest BCUT2D eigenvalue weighted by Gasteiger charge is 2.27. The van der Waals surface area contributed by atoms with E-state index in [1.807, 2.05) is 4.90 Å². The molecule has 2 rings (SSSR count). The van der Waals surface area contributed by atoms with Gasteiger partial charge in [0, 0.05) is 26.1 Å². The Hall–Kier alpha value is -1.06. The maximum absolute atomic E-state index is 12.2. The van der Waals surface area contributed by atoms with Crippen molar-refractivity contribution in [1.29, 1.82) is 0 Å². The second kappa shape index (κ2) is 6.40. The Kier molecular flexibility index (Phi) is 4.83. The average Bonchev–Trinajstić information content (AvgIpc) is 2.41. The van der Waals surface area contributed by atoms with Crippen LogP contribution in [0.2, 0.25) is 0 Å². The van der Waals surface area contributed by atoms with E-state index in [4.69, 9.17) is 0 Å². The van der Waals surface area contributed by atoms with E-state index in [0.29, 0.717) is 18.9 Å². The van der Waals surface area contributed by atoms with Gasteiger partial charge in [-0.2, -0.15) is 0 Å². The van der Waals surface area contributed by atoms with Gasteiger partial charge in [-0.15, -0.1) is 0 Å². The second-order valence-corrected chi connectivity index (χ2v) is 6.23. The Bertz CT molecular complexity index is 333. The van der Waals surface area contributed by atoms with E-state index in [-0.39, 0.29) is 11.8 Å². The molecule has 2 amide bonds. The number of nitrogens with zero attached hydrogens (tertiary/aromatic N) is 2. The molecule has 0 unspecified atom stereocenters. The standard InChI is InChI=1S/C15H26N2O2/c1-12(2)13-6-9-16(10-7-13)15(19)11-17-8-4-3-5-14(17)18/h12-13H,3-11H2,1-2H3. The smallest absolute Gasteiger partial charge is 0.242 e. The average molecular weight is 266 g/mol. The molecule has 0 saturated carbocycles. The molecule has 2 fully saturated rings. The van der Waals surface area contributed by atoms with Crippen molar-refractivity contribution < 1.29 is 9.59 Å². The molecule has 0 aromatic carbocycles. The number of carbonyl (C=O) groups is 2. The molecule has 2 aliphatic heterocycles. The van der Waals surface area contributed by atoms with E-state index >= 15 is 0 Å². The normalized spacial score (nSPS) is 22.2. The molecule has 2 saturated heterocycles. The highest BCUT2D eigenvalue weighted by atomic mass is 16.2. The zero-order chi connectivity index (χ0) is 13.8. The lowest BCUT2D eigenvalue weighted by molar-refractivity contribution is -0.142. The zero-order valence-electron chi connectivity index (χ0n) is 12.2. The predicted octanol–water partition coefficient (Wildman–Crippen LogP) is 1.89. The molecule has 4 nitrogen and oxygen atoms in total. The van der Waals surface area contributed by atoms with Crippen LogP contribution in [0.1, 0.15) is 46.0 Å². The lowest BCUT2D eigenvalue weighted by atomic mass is 9.87. The lowest BCUT2D eigenvalue weighted by Gasteiger charge is -2.35. The van der Waals surface area contributed by atoms with Crippen molar-refractivity contribution in [1.82, 2.24) is 9.80 Å². The minimum atomic E-state index is 0.137. The van der Waals surface area contributed by atoms with Crippen molar-refractivity contribution in [3.63, 3.8) is 0 Å². The fourth-order valence-corrected chi connectivity index (χ4v) is 3.11. The van der Waals surface area contributed by atoms with Crippen molar-refractivity contribution >= 4 is 11.8 Å². The van der Waals surface area contributed by atoms with Crippen LogP contribution in [-0.2, 0) is 9.59 Å². The fraction of sp³-hybridized carbons (Fsp3) is 0.867. The fourth-order valence-electron chi connectivity index (χ4n) is 3.11. The van der Waals surface area contributed by atoms with Gasteiger partial charge in [0.05, 0.1) is 6.54 Å². The van der Waals surface area contributed by atoms with Crippen LogP contribution in [0.3, 0.4) is 0 Å². The molecule has 0 spiro atoms. The van der Waals surface area contributed by atoms with Gasteiger partial charge in [-0.05, 0) is 37.5 Å². The summed E-state index contributed by atoms with van der Waals surface area (Å²) in [5.41, 5.74) is 0. The second-order valence-electron chi connectivity index (χ2n) is 6.23. The van der Waals surface area contributed by atoms with E-state index in [1.54, 1.807) is 4.90 Å². The molecule has 2 heterocycles. The van der Waals surface area contributed by atoms with Crippen LogP contribution < -0.4 is 0 Å². The molecule has 0 aliphatic carbocycles. The minimum Gasteiger partial charge on any atom is -0.341 e. The van der Waals surface area contributed by atoms with Gasteiger partial charge in [0.2, 0.25) is 11.8 Å². The number of carbonyl (C=O) groups excluding carboxylic acids is 2. The third kappa shape index (κ3) is 3.71. The van der Waals surface area contributed by atoms with Gasteiger partial charge in [0.15, 0.2) is 0 Å². The maximum Gasteiger partial charge on any atom is 0.242 e. The lowest BCUT2D eigenvalue weighted by Crippen LogP contribution is -2.47. The van der Waals surface area contributed by atoms with Crippen molar-refractivity contribution in [3.05, 3.63) is 0 Å². The van der Waals surface area contributed by atoms with Crippen LogP contribution in [0.4, 0.5) is 0 Å². The van der Waals surface area contributed by atoms with Crippen LogP contribution >= 0.6 is 0 Å². The number of piperidine rings is 2. The molecule has 2 aliphatic rings. The largest absolute Gasteiger partial charge is 0.341 e. The van der Waals surface area contributed by atoms with E-state index in [0.717, 1.165) is 51.2 Å². The molecule has 4 heteroatoms. The molecular weight excluding hydrogens is 240 g/mol. The van der Waals surface area contributed by atoms with Crippen molar-refractivity contribution in [2.75, 3.05) is 26.2 Å². The van der Waals surface area contributed by atoms with E-state index < -0.39 is 0 Å². The number of hydrogen-bond donors (Lipinski definition) is 0. The van der Waals surface area contributed by atoms with Gasteiger partial charge in [0.1, 0.15) is 0 Å². The Morgan fingerprint density at radius 2 is 1.89 bits per heavy atom. The first-order valence-electron chi connectivity index (χ1n) is 7.63. The predicted molar refractivity (Wildman–Crippen MR) is 74.6 cm³/mol. The summed E-state index contributed by atoms with van der Waals surface area (Å²) in [6.07, 6.45) is 4.84. The monoisotopic (exact) mass is 266 g/mol. The van der Waals surface area contributed by atoms with E-state index in [9.17, 15) is 9.59 Å². The summed E-state index contributed by atoms with van der Waals surface area (Å²) in [5.74, 6) is 1.75. The summed E-state index contributed by atoms with van der Waals surface area (Å²) in [6.45, 7) is 7.30. The van der Waals surface area contributed by atoms with Gasteiger partial charge in [-0.1, -0.05) is 13.8 Å². The Morgan fingerprint density at radius 1 is 1.21 bits per heavy atom. The third-order valence-electron chi connectivity index (χ3n) is 4.58. The summed E-state index contributed by atoms with van der Waals surface area (Å²) in [6, 6.07) is 0. The number of amides is 2. The number of likely N-dealkylation sites (tertiary alicyclic amines) is 2. The zero-order valence-corrected chi connectivity index (χ0v) is 12.2. The van der Waals surface area contributed by atoms with E-state index in [2.05, 4.69) is 13.8 Å². The summed E-state index contributed by atoms with van der Waals surface area (Å²) < 4.78 is 0. The summed E-state index contributed by atoms with van der Waals surface area (Å²) in [5, 5.41) is 0. The van der Waals surface area contributed by atoms with Gasteiger partial charge in [0.25, 0.3) is 0 Å². The molecule has 0 bridgehead atoms. The van der Waals surface area contributed by atoms with Gasteiger partial charge in [-0.3, -0.25) is 9.59 Å². The van der Waals surface area contributed by atoms with Gasteiger partial charge < -0.3 is 9.80 Å². The summed E-state index contributed by atoms with van der Waals surface area (Å²) in [7, 11) is 0. The highest BCUT2D eigenvalue weighted by Crippen LogP contribution is 2.24. The molecule has 0 N–H and O–H groups in total. The van der Waals surface area contributed by atoms with Crippen molar-refractivity contribution in [2.45, 2.75) is 46.0 Å². The van der Waals surface area contributed by atoms with Crippen molar-refractivity contribution in [3.8, 4) is 0 Å². The van der Waals surface area contributed by atoms with Crippen LogP contribution in [0.5, 0.6) is 0 Å². The summed E-state index contributed by atoms with van der Waals surface area (Å²) >= 11 is 0. The molecule has 0 aromatic rings. The number of rotatable bonds is 3. The first kappa shape index (κ1) is 14.4. The molecule has 0 radical (unpaired) electrons. The minimum absolute atomic E-state index is 0.137. The maximum atomic E-state index is 12.2. The number of hydrogen-bond acceptors (Lipinski definition) is 2. The molecular formula is C15H26N2O2. The first-order chi connectivity index (χ1) is 9.08. The first-order valence-corrected chi connectivity index (χ1v) is 7.63. The molecule has 0 aromatic heterocycles. The van der Waals surface area contributed by atoms with Crippen molar-refractivity contribution in [2.24, 2.45) is 11.8 Å².